The first-order chi connectivity index (χ1) is 12.3. The molecule has 0 aliphatic rings. The van der Waals surface area contributed by atoms with Crippen LogP contribution in [0.4, 0.5) is 13.8 Å². The number of rotatable bonds is 6. The van der Waals surface area contributed by atoms with Gasteiger partial charge in [0.05, 0.1) is 19.3 Å². The van der Waals surface area contributed by atoms with Crippen LogP contribution in [0.3, 0.4) is 0 Å². The van der Waals surface area contributed by atoms with Crippen molar-refractivity contribution in [1.82, 2.24) is 9.78 Å². The lowest BCUT2D eigenvalue weighted by molar-refractivity contribution is 0.0519. The van der Waals surface area contributed by atoms with Crippen molar-refractivity contribution in [2.75, 3.05) is 19.0 Å². The van der Waals surface area contributed by atoms with E-state index >= 15 is 0 Å². The van der Waals surface area contributed by atoms with Crippen molar-refractivity contribution in [3.63, 3.8) is 0 Å². The second-order valence-electron chi connectivity index (χ2n) is 4.87. The number of carbonyl (C=O) groups excluding carboxylic acids is 3. The highest BCUT2D eigenvalue weighted by atomic mass is 32.1. The lowest BCUT2D eigenvalue weighted by Gasteiger charge is -2.07. The second kappa shape index (κ2) is 8.04. The van der Waals surface area contributed by atoms with Gasteiger partial charge in [-0.25, -0.2) is 9.59 Å². The van der Waals surface area contributed by atoms with E-state index in [-0.39, 0.29) is 32.3 Å². The van der Waals surface area contributed by atoms with Gasteiger partial charge in [-0.1, -0.05) is 0 Å². The second-order valence-corrected chi connectivity index (χ2v) is 5.89. The van der Waals surface area contributed by atoms with Gasteiger partial charge in [0.25, 0.3) is 5.91 Å². The molecule has 2 aromatic heterocycles. The Morgan fingerprint density at radius 1 is 1.35 bits per heavy atom. The third-order valence-corrected chi connectivity index (χ3v) is 4.50. The van der Waals surface area contributed by atoms with Crippen molar-refractivity contribution >= 4 is 34.2 Å². The highest BCUT2D eigenvalue weighted by Gasteiger charge is 2.28. The van der Waals surface area contributed by atoms with Crippen LogP contribution in [0.1, 0.15) is 49.6 Å². The van der Waals surface area contributed by atoms with Crippen LogP contribution in [0, 0.1) is 6.92 Å². The molecule has 2 heterocycles. The summed E-state index contributed by atoms with van der Waals surface area (Å²) < 4.78 is 35.6. The molecule has 0 aromatic carbocycles. The summed E-state index contributed by atoms with van der Waals surface area (Å²) in [7, 11) is 1.14. The smallest absolute Gasteiger partial charge is 0.348 e. The predicted molar refractivity (Wildman–Crippen MR) is 87.8 cm³/mol. The maximum absolute atomic E-state index is 12.9. The number of hydrogen-bond donors (Lipinski definition) is 1. The van der Waals surface area contributed by atoms with Crippen LogP contribution < -0.4 is 5.32 Å². The van der Waals surface area contributed by atoms with E-state index in [2.05, 4.69) is 15.2 Å². The number of amides is 1. The highest BCUT2D eigenvalue weighted by Crippen LogP contribution is 2.34. The van der Waals surface area contributed by atoms with Gasteiger partial charge in [-0.15, -0.1) is 11.3 Å². The predicted octanol–water partition coefficient (Wildman–Crippen LogP) is 2.86. The summed E-state index contributed by atoms with van der Waals surface area (Å²) in [5, 5.41) is 5.72. The molecule has 1 amide bonds. The number of ether oxygens (including phenoxy) is 2. The van der Waals surface area contributed by atoms with Crippen molar-refractivity contribution in [2.24, 2.45) is 0 Å². The Morgan fingerprint density at radius 2 is 2.04 bits per heavy atom. The van der Waals surface area contributed by atoms with Crippen molar-refractivity contribution in [3.8, 4) is 0 Å². The number of nitrogens with zero attached hydrogens (tertiary/aromatic N) is 2. The highest BCUT2D eigenvalue weighted by molar-refractivity contribution is 7.18. The molecule has 0 bridgehead atoms. The fourth-order valence-corrected chi connectivity index (χ4v) is 3.24. The Labute approximate surface area is 150 Å². The first kappa shape index (κ1) is 19.5. The molecule has 0 spiro atoms. The van der Waals surface area contributed by atoms with E-state index in [1.807, 2.05) is 0 Å². The molecule has 0 unspecified atom stereocenters. The van der Waals surface area contributed by atoms with Gasteiger partial charge in [0.1, 0.15) is 15.6 Å². The molecule has 0 saturated heterocycles. The third-order valence-electron chi connectivity index (χ3n) is 3.31. The average Bonchev–Trinajstić information content (AvgIpc) is 3.19. The summed E-state index contributed by atoms with van der Waals surface area (Å²) in [6.07, 6.45) is 1.05. The van der Waals surface area contributed by atoms with Crippen LogP contribution in [-0.2, 0) is 9.47 Å². The minimum absolute atomic E-state index is 0.00980. The van der Waals surface area contributed by atoms with Crippen molar-refractivity contribution in [1.29, 1.82) is 0 Å². The molecule has 2 aromatic rings. The van der Waals surface area contributed by atoms with E-state index in [0.29, 0.717) is 0 Å². The summed E-state index contributed by atoms with van der Waals surface area (Å²) >= 11 is 0.793. The van der Waals surface area contributed by atoms with Crippen LogP contribution in [0.5, 0.6) is 0 Å². The molecular formula is C15H15F2N3O5S. The summed E-state index contributed by atoms with van der Waals surface area (Å²) in [4.78, 5) is 36.5. The topological polar surface area (TPSA) is 99.5 Å². The summed E-state index contributed by atoms with van der Waals surface area (Å²) in [6, 6.07) is 1.10. The zero-order valence-electron chi connectivity index (χ0n) is 14.0. The molecule has 0 aliphatic carbocycles. The van der Waals surface area contributed by atoms with Gasteiger partial charge in [0.2, 0.25) is 0 Å². The first-order valence-electron chi connectivity index (χ1n) is 7.33. The van der Waals surface area contributed by atoms with Crippen LogP contribution in [-0.4, -0.2) is 41.3 Å². The zero-order chi connectivity index (χ0) is 19.4. The van der Waals surface area contributed by atoms with Crippen LogP contribution >= 0.6 is 11.3 Å². The van der Waals surface area contributed by atoms with E-state index in [4.69, 9.17) is 4.74 Å². The van der Waals surface area contributed by atoms with E-state index in [1.165, 1.54) is 6.92 Å². The van der Waals surface area contributed by atoms with Crippen LogP contribution in [0.15, 0.2) is 12.3 Å². The number of methoxy groups -OCH3 is 1. The largest absolute Gasteiger partial charge is 0.465 e. The van der Waals surface area contributed by atoms with E-state index in [1.54, 1.807) is 6.92 Å². The van der Waals surface area contributed by atoms with E-state index in [0.717, 1.165) is 30.7 Å². The zero-order valence-corrected chi connectivity index (χ0v) is 14.9. The Hall–Kier alpha value is -2.82. The molecule has 0 atom stereocenters. The number of thiophene rings is 1. The number of hydrogen-bond acceptors (Lipinski definition) is 7. The molecule has 11 heteroatoms. The molecule has 0 radical (unpaired) electrons. The quantitative estimate of drug-likeness (QED) is 0.765. The summed E-state index contributed by atoms with van der Waals surface area (Å²) in [6.45, 7) is 0.231. The fourth-order valence-electron chi connectivity index (χ4n) is 2.16. The van der Waals surface area contributed by atoms with Gasteiger partial charge >= 0.3 is 18.5 Å². The lowest BCUT2D eigenvalue weighted by Crippen LogP contribution is -2.19. The molecule has 26 heavy (non-hydrogen) atoms. The van der Waals surface area contributed by atoms with Gasteiger partial charge in [-0.05, 0) is 25.5 Å². The number of halogens is 2. The van der Waals surface area contributed by atoms with E-state index < -0.39 is 30.1 Å². The van der Waals surface area contributed by atoms with Crippen LogP contribution in [0.2, 0.25) is 0 Å². The minimum Gasteiger partial charge on any atom is -0.465 e. The number of alkyl halides is 2. The standard InChI is InChI=1S/C15H15F2N3O5S/c1-4-25-14(23)10-7(2)9(13(22)24-3)12(26-10)19-11(21)8-5-6-18-20(8)15(16)17/h5-6,15H,4H2,1-3H3,(H,19,21). The molecule has 0 fully saturated rings. The molecular weight excluding hydrogens is 372 g/mol. The Morgan fingerprint density at radius 3 is 2.62 bits per heavy atom. The van der Waals surface area contributed by atoms with E-state index in [9.17, 15) is 23.2 Å². The van der Waals surface area contributed by atoms with Gasteiger partial charge in [-0.3, -0.25) is 4.79 Å². The molecule has 2 rings (SSSR count). The number of nitrogens with one attached hydrogen (secondary N) is 1. The van der Waals surface area contributed by atoms with Crippen molar-refractivity contribution in [3.05, 3.63) is 34.0 Å². The summed E-state index contributed by atoms with van der Waals surface area (Å²) in [5.74, 6) is -2.37. The van der Waals surface area contributed by atoms with Gasteiger partial charge in [-0.2, -0.15) is 18.6 Å². The van der Waals surface area contributed by atoms with Gasteiger partial charge in [0, 0.05) is 6.20 Å². The maximum Gasteiger partial charge on any atom is 0.348 e. The van der Waals surface area contributed by atoms with Crippen molar-refractivity contribution < 1.29 is 32.6 Å². The Balaban J connectivity index is 2.43. The van der Waals surface area contributed by atoms with Crippen LogP contribution in [0.25, 0.3) is 0 Å². The minimum atomic E-state index is -3.01. The molecule has 140 valence electrons. The number of aromatic nitrogens is 2. The average molecular weight is 387 g/mol. The number of anilines is 1. The lowest BCUT2D eigenvalue weighted by atomic mass is 10.1. The Kier molecular flexibility index (Phi) is 6.03. The normalized spacial score (nSPS) is 10.7. The third kappa shape index (κ3) is 3.72. The molecule has 8 nitrogen and oxygen atoms in total. The molecule has 0 saturated carbocycles. The van der Waals surface area contributed by atoms with Crippen molar-refractivity contribution in [2.45, 2.75) is 20.4 Å². The maximum atomic E-state index is 12.9. The number of esters is 2. The molecule has 1 N–H and O–H groups in total. The summed E-state index contributed by atoms with van der Waals surface area (Å²) in [5.41, 5.74) is -0.186. The number of carbonyl (C=O) groups is 3. The molecule has 0 aliphatic heterocycles. The first-order valence-corrected chi connectivity index (χ1v) is 8.15. The monoisotopic (exact) mass is 387 g/mol. The van der Waals surface area contributed by atoms with Gasteiger partial charge < -0.3 is 14.8 Å². The Bertz CT molecular complexity index is 846. The fraction of sp³-hybridized carbons (Fsp3) is 0.333. The van der Waals surface area contributed by atoms with Gasteiger partial charge in [0.15, 0.2) is 0 Å². The SMILES string of the molecule is CCOC(=O)c1sc(NC(=O)c2ccnn2C(F)F)c(C(=O)OC)c1C.